The van der Waals surface area contributed by atoms with Crippen LogP contribution in [0, 0.1) is 0 Å². The molecule has 0 amide bonds. The van der Waals surface area contributed by atoms with E-state index in [2.05, 4.69) is 208 Å². The summed E-state index contributed by atoms with van der Waals surface area (Å²) >= 11 is 5.99. The summed E-state index contributed by atoms with van der Waals surface area (Å²) in [6.45, 7) is 0. The van der Waals surface area contributed by atoms with Crippen LogP contribution in [0.2, 0.25) is 5.28 Å². The number of furan rings is 2. The number of para-hydroxylation sites is 1. The van der Waals surface area contributed by atoms with Gasteiger partial charge < -0.3 is 14.3 Å². The number of fused-ring (bicyclic) bond motifs is 20. The van der Waals surface area contributed by atoms with Gasteiger partial charge in [0, 0.05) is 66.6 Å². The summed E-state index contributed by atoms with van der Waals surface area (Å²) in [5, 5.41) is 11.9. The first kappa shape index (κ1) is 59.0. The molecule has 0 saturated carbocycles. The third-order valence-corrected chi connectivity index (χ3v) is 18.6. The van der Waals surface area contributed by atoms with Crippen LogP contribution in [-0.2, 0) is 6.42 Å². The van der Waals surface area contributed by atoms with E-state index in [1.54, 1.807) is 0 Å². The van der Waals surface area contributed by atoms with Crippen LogP contribution in [-0.4, -0.2) is 39.9 Å². The van der Waals surface area contributed by atoms with Crippen LogP contribution in [0.25, 0.3) is 172 Å². The molecule has 98 heavy (non-hydrogen) atoms. The van der Waals surface area contributed by atoms with E-state index in [1.807, 2.05) is 127 Å². The summed E-state index contributed by atoms with van der Waals surface area (Å²) in [6, 6.07) is 108. The maximum Gasteiger partial charge on any atom is 0.238 e. The van der Waals surface area contributed by atoms with Gasteiger partial charge in [0.2, 0.25) is 11.2 Å². The van der Waals surface area contributed by atoms with E-state index in [1.165, 1.54) is 54.9 Å². The Kier molecular flexibility index (Phi) is 15.0. The summed E-state index contributed by atoms with van der Waals surface area (Å²) < 4.78 is 15.7. The molecule has 11 heteroatoms. The van der Waals surface area contributed by atoms with E-state index in [0.29, 0.717) is 29.2 Å². The highest BCUT2D eigenvalue weighted by Crippen LogP contribution is 2.50. The highest BCUT2D eigenvalue weighted by Gasteiger charge is 2.29. The van der Waals surface area contributed by atoms with Gasteiger partial charge in [-0.05, 0) is 102 Å². The largest absolute Gasteiger partial charge is 0.456 e. The number of aromatic nitrogens is 7. The Morgan fingerprint density at radius 2 is 0.684 bits per heavy atom. The molecule has 2 N–H and O–H groups in total. The molecular formula is C87H56ClN7O3. The van der Waals surface area contributed by atoms with Crippen LogP contribution in [0.15, 0.2) is 324 Å². The second kappa shape index (κ2) is 24.9. The number of hydrogen-bond acceptors (Lipinski definition) is 8. The van der Waals surface area contributed by atoms with Gasteiger partial charge in [-0.3, -0.25) is 4.57 Å². The molecule has 0 unspecified atom stereocenters. The van der Waals surface area contributed by atoms with E-state index >= 15 is 0 Å². The van der Waals surface area contributed by atoms with E-state index in [9.17, 15) is 0 Å². The lowest BCUT2D eigenvalue weighted by Gasteiger charge is -2.11. The minimum atomic E-state index is 0. The number of rotatable bonds is 7. The van der Waals surface area contributed by atoms with Gasteiger partial charge in [0.1, 0.15) is 22.3 Å². The van der Waals surface area contributed by atoms with E-state index in [0.717, 1.165) is 105 Å². The predicted molar refractivity (Wildman–Crippen MR) is 399 cm³/mol. The fourth-order valence-electron chi connectivity index (χ4n) is 14.0. The number of benzene rings is 14. The van der Waals surface area contributed by atoms with Crippen molar-refractivity contribution in [3.05, 3.63) is 332 Å². The van der Waals surface area contributed by atoms with Crippen molar-refractivity contribution in [2.24, 2.45) is 0 Å². The lowest BCUT2D eigenvalue weighted by Crippen LogP contribution is -2.06. The van der Waals surface area contributed by atoms with E-state index in [4.69, 9.17) is 35.4 Å². The third kappa shape index (κ3) is 10.4. The fraction of sp³-hybridized carbons (Fsp3) is 0.0115. The lowest BCUT2D eigenvalue weighted by atomic mass is 9.93. The zero-order valence-corrected chi connectivity index (χ0v) is 53.3. The molecule has 0 fully saturated rings. The molecule has 0 saturated heterocycles. The molecule has 5 aromatic heterocycles. The zero-order valence-electron chi connectivity index (χ0n) is 52.6. The highest BCUT2D eigenvalue weighted by atomic mass is 35.5. The van der Waals surface area contributed by atoms with Crippen molar-refractivity contribution < 1.29 is 14.3 Å². The first-order chi connectivity index (χ1) is 48.0. The molecule has 14 aromatic carbocycles. The number of halogens is 1. The van der Waals surface area contributed by atoms with Crippen molar-refractivity contribution >= 4 is 98.8 Å². The standard InChI is InChI=1S/C43H26N4O.C29H18O.C15H10ClN3.H2O/c1-4-14-27(15-5-1)30-24-25-34-36(26-30)48-40-38(34)32-21-11-10-20-31(32)37-33-22-12-13-23-35(33)47(39(37)40)43-45-41(28-16-6-2-7-17-28)44-42(46-43)29-18-8-3-9-19-29;1-2-8-18(9-3-1)19-14-15-24-26(17-19)30-29-25-16-20-10-4-5-11-21(20)27(25)22-12-6-7-13-23(22)28(24)29;16-15-18-13(11-7-3-1-4-8-11)17-14(19-15)12-9-5-2-6-10-12;/h1-26H;1-15,17H,16H2;1-10H;1H2. The summed E-state index contributed by atoms with van der Waals surface area (Å²) in [4.78, 5) is 28.1. The summed E-state index contributed by atoms with van der Waals surface area (Å²) in [5.41, 5.74) is 19.3. The predicted octanol–water partition coefficient (Wildman–Crippen LogP) is 22.0. The van der Waals surface area contributed by atoms with Gasteiger partial charge in [-0.15, -0.1) is 0 Å². The molecule has 0 atom stereocenters. The lowest BCUT2D eigenvalue weighted by molar-refractivity contribution is 0.665. The van der Waals surface area contributed by atoms with Crippen molar-refractivity contribution in [3.63, 3.8) is 0 Å². The van der Waals surface area contributed by atoms with Crippen molar-refractivity contribution in [1.29, 1.82) is 0 Å². The topological polar surface area (TPSA) is 140 Å². The zero-order chi connectivity index (χ0) is 64.3. The van der Waals surface area contributed by atoms with Crippen LogP contribution < -0.4 is 0 Å². The average molecular weight is 1280 g/mol. The van der Waals surface area contributed by atoms with Crippen LogP contribution in [0.1, 0.15) is 11.1 Å². The Labute approximate surface area is 567 Å². The summed E-state index contributed by atoms with van der Waals surface area (Å²) in [6.07, 6.45) is 0.929. The SMILES string of the molecule is Clc1nc(-c2ccccc2)nc(-c2ccccc2)n1.O.c1ccc(-c2ccc3c(c2)oc2c3c3ccccc3c3c4ccccc4n(-c4nc(-c5ccccc5)nc(-c5ccccc5)n4)c23)cc1.c1ccc(-c2ccc3c(c2)oc2c4c(c5ccccc5c23)-c2ccccc2C4)cc1. The first-order valence-electron chi connectivity index (χ1n) is 32.3. The molecule has 0 spiro atoms. The maximum absolute atomic E-state index is 6.97. The molecule has 0 aliphatic heterocycles. The molecule has 0 radical (unpaired) electrons. The molecular weight excluding hydrogens is 1230 g/mol. The van der Waals surface area contributed by atoms with Gasteiger partial charge in [-0.25, -0.2) is 9.97 Å². The van der Waals surface area contributed by atoms with Crippen LogP contribution >= 0.6 is 11.6 Å². The van der Waals surface area contributed by atoms with E-state index < -0.39 is 0 Å². The van der Waals surface area contributed by atoms with Crippen molar-refractivity contribution in [3.8, 4) is 84.9 Å². The Morgan fingerprint density at radius 1 is 0.306 bits per heavy atom. The summed E-state index contributed by atoms with van der Waals surface area (Å²) in [7, 11) is 0. The Hall–Kier alpha value is -12.7. The van der Waals surface area contributed by atoms with Crippen molar-refractivity contribution in [2.75, 3.05) is 0 Å². The molecule has 464 valence electrons. The van der Waals surface area contributed by atoms with Gasteiger partial charge in [0.15, 0.2) is 28.9 Å². The van der Waals surface area contributed by atoms with Gasteiger partial charge in [0.25, 0.3) is 0 Å². The molecule has 19 aromatic rings. The minimum Gasteiger partial charge on any atom is -0.456 e. The Balaban J connectivity index is 0.000000123. The molecule has 0 bridgehead atoms. The quantitative estimate of drug-likeness (QED) is 0.154. The molecule has 5 heterocycles. The number of hydrogen-bond donors (Lipinski definition) is 0. The molecule has 1 aliphatic rings. The smallest absolute Gasteiger partial charge is 0.238 e. The highest BCUT2D eigenvalue weighted by molar-refractivity contribution is 6.35. The van der Waals surface area contributed by atoms with Gasteiger partial charge in [-0.1, -0.05) is 285 Å². The normalized spacial score (nSPS) is 11.6. The maximum atomic E-state index is 6.97. The molecule has 20 rings (SSSR count). The second-order valence-electron chi connectivity index (χ2n) is 24.1. The Bertz CT molecular complexity index is 6110. The third-order valence-electron chi connectivity index (χ3n) is 18.4. The molecule has 1 aliphatic carbocycles. The minimum absolute atomic E-state index is 0. The van der Waals surface area contributed by atoms with Gasteiger partial charge >= 0.3 is 0 Å². The van der Waals surface area contributed by atoms with Gasteiger partial charge in [-0.2, -0.15) is 19.9 Å². The monoisotopic (exact) mass is 1280 g/mol. The van der Waals surface area contributed by atoms with Crippen molar-refractivity contribution in [1.82, 2.24) is 34.5 Å². The van der Waals surface area contributed by atoms with E-state index in [-0.39, 0.29) is 10.8 Å². The average Bonchev–Trinajstić information content (AvgIpc) is 1.55. The summed E-state index contributed by atoms with van der Waals surface area (Å²) in [5.74, 6) is 2.92. The Morgan fingerprint density at radius 3 is 1.18 bits per heavy atom. The van der Waals surface area contributed by atoms with Gasteiger partial charge in [0.05, 0.1) is 5.52 Å². The fourth-order valence-corrected chi connectivity index (χ4v) is 14.2. The first-order valence-corrected chi connectivity index (χ1v) is 32.7. The van der Waals surface area contributed by atoms with Crippen LogP contribution in [0.4, 0.5) is 0 Å². The van der Waals surface area contributed by atoms with Crippen molar-refractivity contribution in [2.45, 2.75) is 6.42 Å². The van der Waals surface area contributed by atoms with Crippen LogP contribution in [0.5, 0.6) is 0 Å². The molecule has 10 nitrogen and oxygen atoms in total. The van der Waals surface area contributed by atoms with Crippen LogP contribution in [0.3, 0.4) is 0 Å². The number of nitrogens with zero attached hydrogens (tertiary/aromatic N) is 7. The second-order valence-corrected chi connectivity index (χ2v) is 24.5.